The number of ether oxygens (including phenoxy) is 2. The highest BCUT2D eigenvalue weighted by Gasteiger charge is 2.49. The first-order valence-electron chi connectivity index (χ1n) is 6.70. The minimum absolute atomic E-state index is 0.0347. The van der Waals surface area contributed by atoms with Crippen LogP contribution < -0.4 is 0 Å². The Bertz CT molecular complexity index is 534. The fourth-order valence-electron chi connectivity index (χ4n) is 1.70. The van der Waals surface area contributed by atoms with Crippen LogP contribution in [0.3, 0.4) is 0 Å². The number of rotatable bonds is 7. The first-order valence-corrected chi connectivity index (χ1v) is 7.50. The molecule has 0 atom stereocenters. The summed E-state index contributed by atoms with van der Waals surface area (Å²) in [5, 5.41) is 10.3. The highest BCUT2D eigenvalue weighted by molar-refractivity contribution is 9.10. The first kappa shape index (κ1) is 18.3. The molecule has 0 aliphatic carbocycles. The number of benzene rings is 1. The Morgan fingerprint density at radius 3 is 1.91 bits per heavy atom. The number of ketones is 1. The molecule has 0 fully saturated rings. The van der Waals surface area contributed by atoms with Gasteiger partial charge in [0.1, 0.15) is 0 Å². The zero-order chi connectivity index (χ0) is 16.8. The van der Waals surface area contributed by atoms with Gasteiger partial charge in [-0.25, -0.2) is 9.59 Å². The molecule has 0 heterocycles. The number of esters is 2. The molecule has 1 rings (SSSR count). The lowest BCUT2D eigenvalue weighted by atomic mass is 9.94. The van der Waals surface area contributed by atoms with Crippen molar-refractivity contribution in [1.29, 1.82) is 0 Å². The average Bonchev–Trinajstić information content (AvgIpc) is 2.48. The van der Waals surface area contributed by atoms with Gasteiger partial charge in [-0.15, -0.1) is 0 Å². The van der Waals surface area contributed by atoms with Gasteiger partial charge in [-0.05, 0) is 26.0 Å². The van der Waals surface area contributed by atoms with Crippen LogP contribution in [0.4, 0.5) is 0 Å². The molecular formula is C15H17BrO6. The topological polar surface area (TPSA) is 89.9 Å². The van der Waals surface area contributed by atoms with Gasteiger partial charge in [-0.1, -0.05) is 28.1 Å². The molecule has 0 saturated carbocycles. The summed E-state index contributed by atoms with van der Waals surface area (Å²) in [6.45, 7) is 2.99. The average molecular weight is 373 g/mol. The van der Waals surface area contributed by atoms with E-state index in [4.69, 9.17) is 0 Å². The highest BCUT2D eigenvalue weighted by atomic mass is 79.9. The summed E-state index contributed by atoms with van der Waals surface area (Å²) in [6, 6.07) is 6.31. The zero-order valence-electron chi connectivity index (χ0n) is 12.3. The predicted octanol–water partition coefficient (Wildman–Crippen LogP) is 1.88. The molecule has 0 spiro atoms. The first-order chi connectivity index (χ1) is 10.3. The second kappa shape index (κ2) is 8.05. The molecule has 0 saturated heterocycles. The second-order valence-electron chi connectivity index (χ2n) is 4.41. The molecule has 1 N–H and O–H groups in total. The van der Waals surface area contributed by atoms with Gasteiger partial charge < -0.3 is 14.6 Å². The molecule has 1 aromatic carbocycles. The summed E-state index contributed by atoms with van der Waals surface area (Å²) in [4.78, 5) is 35.9. The number of hydrogen-bond acceptors (Lipinski definition) is 6. The van der Waals surface area contributed by atoms with Crippen molar-refractivity contribution in [3.8, 4) is 0 Å². The Hall–Kier alpha value is -1.73. The maximum absolute atomic E-state index is 12.2. The van der Waals surface area contributed by atoms with Crippen LogP contribution in [0.25, 0.3) is 0 Å². The van der Waals surface area contributed by atoms with Crippen LogP contribution >= 0.6 is 15.9 Å². The number of carbonyl (C=O) groups is 3. The highest BCUT2D eigenvalue weighted by Crippen LogP contribution is 2.20. The Balaban J connectivity index is 3.01. The summed E-state index contributed by atoms with van der Waals surface area (Å²) in [6.07, 6.45) is -0.744. The smallest absolute Gasteiger partial charge is 0.350 e. The van der Waals surface area contributed by atoms with E-state index in [0.717, 1.165) is 4.47 Å². The van der Waals surface area contributed by atoms with Crippen LogP contribution in [0, 0.1) is 0 Å². The van der Waals surface area contributed by atoms with Crippen molar-refractivity contribution >= 4 is 33.7 Å². The Labute approximate surface area is 136 Å². The lowest BCUT2D eigenvalue weighted by molar-refractivity contribution is -0.182. The molecule has 7 heteroatoms. The maximum atomic E-state index is 12.2. The summed E-state index contributed by atoms with van der Waals surface area (Å²) in [5.74, 6) is -2.96. The molecule has 1 aromatic rings. The van der Waals surface area contributed by atoms with E-state index in [-0.39, 0.29) is 18.8 Å². The zero-order valence-corrected chi connectivity index (χ0v) is 13.9. The molecule has 120 valence electrons. The van der Waals surface area contributed by atoms with E-state index in [1.54, 1.807) is 12.1 Å². The number of hydrogen-bond donors (Lipinski definition) is 1. The van der Waals surface area contributed by atoms with E-state index in [1.807, 2.05) is 0 Å². The normalized spacial score (nSPS) is 10.9. The van der Waals surface area contributed by atoms with Gasteiger partial charge in [0, 0.05) is 10.0 Å². The Morgan fingerprint density at radius 1 is 1.05 bits per heavy atom. The van der Waals surface area contributed by atoms with Crippen molar-refractivity contribution in [2.45, 2.75) is 25.9 Å². The quantitative estimate of drug-likeness (QED) is 0.446. The van der Waals surface area contributed by atoms with Gasteiger partial charge in [-0.3, -0.25) is 4.79 Å². The lowest BCUT2D eigenvalue weighted by Gasteiger charge is -2.22. The van der Waals surface area contributed by atoms with E-state index in [9.17, 15) is 19.5 Å². The lowest BCUT2D eigenvalue weighted by Crippen LogP contribution is -2.50. The molecular weight excluding hydrogens is 356 g/mol. The predicted molar refractivity (Wildman–Crippen MR) is 81.3 cm³/mol. The minimum Gasteiger partial charge on any atom is -0.463 e. The molecule has 22 heavy (non-hydrogen) atoms. The molecule has 6 nitrogen and oxygen atoms in total. The summed E-state index contributed by atoms with van der Waals surface area (Å²) < 4.78 is 10.1. The van der Waals surface area contributed by atoms with Crippen LogP contribution in [0.1, 0.15) is 30.6 Å². The molecule has 0 radical (unpaired) electrons. The number of halogens is 1. The van der Waals surface area contributed by atoms with Gasteiger partial charge in [0.15, 0.2) is 5.78 Å². The van der Waals surface area contributed by atoms with Crippen LogP contribution in [-0.4, -0.2) is 41.6 Å². The standard InChI is InChI=1S/C15H17BrO6/c1-3-21-13(18)15(20,14(19)22-4-2)9-12(17)10-5-7-11(16)8-6-10/h5-8,20H,3-4,9H2,1-2H3. The van der Waals surface area contributed by atoms with Gasteiger partial charge >= 0.3 is 11.9 Å². The molecule has 0 aliphatic heterocycles. The monoisotopic (exact) mass is 372 g/mol. The third kappa shape index (κ3) is 4.38. The van der Waals surface area contributed by atoms with Crippen LogP contribution in [-0.2, 0) is 19.1 Å². The number of carbonyl (C=O) groups excluding carboxylic acids is 3. The van der Waals surface area contributed by atoms with Gasteiger partial charge in [0.25, 0.3) is 5.60 Å². The maximum Gasteiger partial charge on any atom is 0.350 e. The van der Waals surface area contributed by atoms with Crippen molar-refractivity contribution in [3.05, 3.63) is 34.3 Å². The van der Waals surface area contributed by atoms with E-state index >= 15 is 0 Å². The SMILES string of the molecule is CCOC(=O)C(O)(CC(=O)c1ccc(Br)cc1)C(=O)OCC. The summed E-state index contributed by atoms with van der Waals surface area (Å²) in [5.41, 5.74) is -2.38. The molecule has 0 aliphatic rings. The van der Waals surface area contributed by atoms with Crippen molar-refractivity contribution in [2.75, 3.05) is 13.2 Å². The van der Waals surface area contributed by atoms with Gasteiger partial charge in [0.2, 0.25) is 0 Å². The van der Waals surface area contributed by atoms with E-state index < -0.39 is 29.7 Å². The van der Waals surface area contributed by atoms with Crippen molar-refractivity contribution < 1.29 is 29.0 Å². The number of Topliss-reactive ketones (excluding diaryl/α,β-unsaturated/α-hetero) is 1. The number of aliphatic hydroxyl groups is 1. The van der Waals surface area contributed by atoms with E-state index in [0.29, 0.717) is 0 Å². The Kier molecular flexibility index (Phi) is 6.70. The van der Waals surface area contributed by atoms with Crippen molar-refractivity contribution in [1.82, 2.24) is 0 Å². The third-order valence-corrected chi connectivity index (χ3v) is 3.34. The van der Waals surface area contributed by atoms with Crippen LogP contribution in [0.5, 0.6) is 0 Å². The second-order valence-corrected chi connectivity index (χ2v) is 5.32. The summed E-state index contributed by atoms with van der Waals surface area (Å²) >= 11 is 3.23. The fraction of sp³-hybridized carbons (Fsp3) is 0.400. The largest absolute Gasteiger partial charge is 0.463 e. The third-order valence-electron chi connectivity index (χ3n) is 2.81. The molecule has 0 aromatic heterocycles. The fourth-order valence-corrected chi connectivity index (χ4v) is 1.96. The van der Waals surface area contributed by atoms with Crippen LogP contribution in [0.15, 0.2) is 28.7 Å². The molecule has 0 unspecified atom stereocenters. The minimum atomic E-state index is -2.64. The van der Waals surface area contributed by atoms with E-state index in [1.165, 1.54) is 26.0 Å². The van der Waals surface area contributed by atoms with Crippen molar-refractivity contribution in [2.24, 2.45) is 0 Å². The van der Waals surface area contributed by atoms with Crippen molar-refractivity contribution in [3.63, 3.8) is 0 Å². The summed E-state index contributed by atoms with van der Waals surface area (Å²) in [7, 11) is 0. The Morgan fingerprint density at radius 2 is 1.50 bits per heavy atom. The van der Waals surface area contributed by atoms with Gasteiger partial charge in [-0.2, -0.15) is 0 Å². The van der Waals surface area contributed by atoms with E-state index in [2.05, 4.69) is 25.4 Å². The molecule has 0 amide bonds. The van der Waals surface area contributed by atoms with Gasteiger partial charge in [0.05, 0.1) is 19.6 Å². The molecule has 0 bridgehead atoms. The van der Waals surface area contributed by atoms with Crippen LogP contribution in [0.2, 0.25) is 0 Å².